The topological polar surface area (TPSA) is 44.8 Å². The first kappa shape index (κ1) is 25.1. The SMILES string of the molecule is O=C(CC[C@@H]1CN(Cc2ccc(Cl)cc2)CC[C@@H]1N1CCOCC1)NCCc1ccc(F)cc1. The normalized spacial score (nSPS) is 21.9. The third-order valence-corrected chi connectivity index (χ3v) is 7.26. The van der Waals surface area contributed by atoms with Crippen molar-refractivity contribution in [3.05, 3.63) is 70.5 Å². The summed E-state index contributed by atoms with van der Waals surface area (Å²) in [6, 6.07) is 15.1. The lowest BCUT2D eigenvalue weighted by Crippen LogP contribution is -2.54. The van der Waals surface area contributed by atoms with Crippen molar-refractivity contribution >= 4 is 17.5 Å². The monoisotopic (exact) mass is 487 g/mol. The van der Waals surface area contributed by atoms with E-state index in [9.17, 15) is 9.18 Å². The second kappa shape index (κ2) is 12.6. The van der Waals surface area contributed by atoms with Crippen LogP contribution in [0.1, 0.15) is 30.4 Å². The summed E-state index contributed by atoms with van der Waals surface area (Å²) in [4.78, 5) is 17.7. The molecule has 2 aliphatic heterocycles. The second-order valence-corrected chi connectivity index (χ2v) is 9.83. The summed E-state index contributed by atoms with van der Waals surface area (Å²) in [6.07, 6.45) is 3.23. The molecule has 2 aromatic carbocycles. The predicted molar refractivity (Wildman–Crippen MR) is 133 cm³/mol. The lowest BCUT2D eigenvalue weighted by atomic mass is 9.86. The average Bonchev–Trinajstić information content (AvgIpc) is 2.86. The van der Waals surface area contributed by atoms with Crippen LogP contribution in [0.3, 0.4) is 0 Å². The zero-order valence-corrected chi connectivity index (χ0v) is 20.5. The average molecular weight is 488 g/mol. The smallest absolute Gasteiger partial charge is 0.220 e. The molecule has 0 saturated carbocycles. The highest BCUT2D eigenvalue weighted by atomic mass is 35.5. The highest BCUT2D eigenvalue weighted by Gasteiger charge is 2.34. The van der Waals surface area contributed by atoms with Gasteiger partial charge in [0, 0.05) is 50.2 Å². The number of nitrogens with one attached hydrogen (secondary N) is 1. The Hall–Kier alpha value is -1.99. The molecule has 2 heterocycles. The number of carbonyl (C=O) groups is 1. The Morgan fingerprint density at radius 1 is 1.03 bits per heavy atom. The number of benzene rings is 2. The first-order valence-electron chi connectivity index (χ1n) is 12.4. The Balaban J connectivity index is 1.29. The highest BCUT2D eigenvalue weighted by Crippen LogP contribution is 2.28. The summed E-state index contributed by atoms with van der Waals surface area (Å²) >= 11 is 6.05. The fourth-order valence-electron chi connectivity index (χ4n) is 5.16. The van der Waals surface area contributed by atoms with Crippen molar-refractivity contribution in [1.29, 1.82) is 0 Å². The summed E-state index contributed by atoms with van der Waals surface area (Å²) in [5, 5.41) is 3.81. The third-order valence-electron chi connectivity index (χ3n) is 7.00. The van der Waals surface area contributed by atoms with Gasteiger partial charge >= 0.3 is 0 Å². The minimum atomic E-state index is -0.236. The minimum absolute atomic E-state index is 0.0951. The number of piperidine rings is 1. The van der Waals surface area contributed by atoms with Crippen LogP contribution in [0, 0.1) is 11.7 Å². The molecule has 184 valence electrons. The standard InChI is InChI=1S/C27H35ClFN3O2/c28-24-6-1-22(2-7-24)19-31-14-12-26(32-15-17-34-18-16-32)23(20-31)5-10-27(33)30-13-11-21-3-8-25(29)9-4-21/h1-4,6-9,23,26H,5,10-20H2,(H,30,33)/t23-,26+/m1/s1. The van der Waals surface area contributed by atoms with E-state index >= 15 is 0 Å². The van der Waals surface area contributed by atoms with Gasteiger partial charge in [-0.05, 0) is 67.1 Å². The van der Waals surface area contributed by atoms with Gasteiger partial charge in [-0.3, -0.25) is 14.6 Å². The number of likely N-dealkylation sites (tertiary alicyclic amines) is 1. The van der Waals surface area contributed by atoms with Crippen LogP contribution >= 0.6 is 11.6 Å². The van der Waals surface area contributed by atoms with Crippen LogP contribution in [-0.2, 0) is 22.5 Å². The molecule has 0 radical (unpaired) electrons. The van der Waals surface area contributed by atoms with Crippen molar-refractivity contribution in [3.8, 4) is 0 Å². The molecule has 34 heavy (non-hydrogen) atoms. The molecule has 1 N–H and O–H groups in total. The molecule has 5 nitrogen and oxygen atoms in total. The molecule has 4 rings (SSSR count). The Morgan fingerprint density at radius 3 is 2.47 bits per heavy atom. The fourth-order valence-corrected chi connectivity index (χ4v) is 5.29. The van der Waals surface area contributed by atoms with Crippen molar-refractivity contribution in [2.45, 2.75) is 38.3 Å². The number of hydrogen-bond donors (Lipinski definition) is 1. The first-order chi connectivity index (χ1) is 16.6. The Morgan fingerprint density at radius 2 is 1.74 bits per heavy atom. The van der Waals surface area contributed by atoms with E-state index in [4.69, 9.17) is 16.3 Å². The van der Waals surface area contributed by atoms with Crippen LogP contribution in [-0.4, -0.2) is 67.7 Å². The number of halogens is 2. The number of ether oxygens (including phenoxy) is 1. The van der Waals surface area contributed by atoms with E-state index < -0.39 is 0 Å². The van der Waals surface area contributed by atoms with Crippen LogP contribution in [0.15, 0.2) is 48.5 Å². The van der Waals surface area contributed by atoms with Gasteiger partial charge in [-0.25, -0.2) is 4.39 Å². The number of hydrogen-bond acceptors (Lipinski definition) is 4. The molecule has 2 aromatic rings. The molecule has 2 atom stereocenters. The second-order valence-electron chi connectivity index (χ2n) is 9.39. The predicted octanol–water partition coefficient (Wildman–Crippen LogP) is 4.14. The fraction of sp³-hybridized carbons (Fsp3) is 0.519. The van der Waals surface area contributed by atoms with Crippen molar-refractivity contribution in [1.82, 2.24) is 15.1 Å². The van der Waals surface area contributed by atoms with Crippen molar-refractivity contribution in [2.24, 2.45) is 5.92 Å². The molecule has 0 aliphatic carbocycles. The number of carbonyl (C=O) groups excluding carboxylic acids is 1. The van der Waals surface area contributed by atoms with Gasteiger partial charge in [0.15, 0.2) is 0 Å². The molecular formula is C27H35ClFN3O2. The van der Waals surface area contributed by atoms with Crippen LogP contribution in [0.4, 0.5) is 4.39 Å². The quantitative estimate of drug-likeness (QED) is 0.577. The maximum absolute atomic E-state index is 13.1. The Kier molecular flexibility index (Phi) is 9.33. The molecule has 2 aliphatic rings. The van der Waals surface area contributed by atoms with Gasteiger partial charge in [0.25, 0.3) is 0 Å². The summed E-state index contributed by atoms with van der Waals surface area (Å²) in [7, 11) is 0. The van der Waals surface area contributed by atoms with Crippen LogP contribution in [0.25, 0.3) is 0 Å². The van der Waals surface area contributed by atoms with Gasteiger partial charge in [0.05, 0.1) is 13.2 Å². The van der Waals surface area contributed by atoms with Gasteiger partial charge in [0.1, 0.15) is 5.82 Å². The van der Waals surface area contributed by atoms with Gasteiger partial charge in [-0.2, -0.15) is 0 Å². The van der Waals surface area contributed by atoms with Crippen LogP contribution < -0.4 is 5.32 Å². The Bertz CT molecular complexity index is 903. The molecule has 1 amide bonds. The first-order valence-corrected chi connectivity index (χ1v) is 12.7. The van der Waals surface area contributed by atoms with E-state index in [0.717, 1.165) is 69.4 Å². The van der Waals surface area contributed by atoms with E-state index in [1.807, 2.05) is 12.1 Å². The molecule has 0 bridgehead atoms. The maximum Gasteiger partial charge on any atom is 0.220 e. The van der Waals surface area contributed by atoms with Gasteiger partial charge in [0.2, 0.25) is 5.91 Å². The lowest BCUT2D eigenvalue weighted by Gasteiger charge is -2.45. The van der Waals surface area contributed by atoms with Crippen molar-refractivity contribution in [2.75, 3.05) is 45.9 Å². The van der Waals surface area contributed by atoms with E-state index in [1.165, 1.54) is 17.7 Å². The van der Waals surface area contributed by atoms with Gasteiger partial charge in [-0.15, -0.1) is 0 Å². The zero-order chi connectivity index (χ0) is 23.8. The molecule has 0 spiro atoms. The molecular weight excluding hydrogens is 453 g/mol. The van der Waals surface area contributed by atoms with E-state index in [0.29, 0.717) is 31.3 Å². The zero-order valence-electron chi connectivity index (χ0n) is 19.7. The third kappa shape index (κ3) is 7.51. The molecule has 7 heteroatoms. The largest absolute Gasteiger partial charge is 0.379 e. The minimum Gasteiger partial charge on any atom is -0.379 e. The highest BCUT2D eigenvalue weighted by molar-refractivity contribution is 6.30. The summed E-state index contributed by atoms with van der Waals surface area (Å²) in [5.41, 5.74) is 2.30. The van der Waals surface area contributed by atoms with Crippen LogP contribution in [0.5, 0.6) is 0 Å². The summed E-state index contributed by atoms with van der Waals surface area (Å²) in [5.74, 6) is 0.305. The van der Waals surface area contributed by atoms with Crippen LogP contribution in [0.2, 0.25) is 5.02 Å². The molecule has 0 aromatic heterocycles. The van der Waals surface area contributed by atoms with E-state index in [1.54, 1.807) is 12.1 Å². The number of morpholine rings is 1. The maximum atomic E-state index is 13.1. The summed E-state index contributed by atoms with van der Waals surface area (Å²) in [6.45, 7) is 7.07. The number of nitrogens with zero attached hydrogens (tertiary/aromatic N) is 2. The summed E-state index contributed by atoms with van der Waals surface area (Å²) < 4.78 is 18.6. The van der Waals surface area contributed by atoms with E-state index in [-0.39, 0.29) is 11.7 Å². The number of rotatable bonds is 9. The van der Waals surface area contributed by atoms with Gasteiger partial charge < -0.3 is 10.1 Å². The Labute approximate surface area is 207 Å². The number of amides is 1. The lowest BCUT2D eigenvalue weighted by molar-refractivity contribution is -0.121. The van der Waals surface area contributed by atoms with Crippen molar-refractivity contribution in [3.63, 3.8) is 0 Å². The molecule has 2 fully saturated rings. The van der Waals surface area contributed by atoms with E-state index in [2.05, 4.69) is 27.2 Å². The molecule has 2 saturated heterocycles. The van der Waals surface area contributed by atoms with Gasteiger partial charge in [-0.1, -0.05) is 35.9 Å². The molecule has 0 unspecified atom stereocenters. The van der Waals surface area contributed by atoms with Crippen molar-refractivity contribution < 1.29 is 13.9 Å².